The van der Waals surface area contributed by atoms with Crippen LogP contribution in [-0.4, -0.2) is 17.1 Å². The van der Waals surface area contributed by atoms with Crippen molar-refractivity contribution in [3.05, 3.63) is 18.2 Å². The average Bonchev–Trinajstić information content (AvgIpc) is 3.20. The Balaban J connectivity index is 1.42. The maximum atomic E-state index is 12.3. The number of carbonyl (C=O) groups excluding carboxylic acids is 1. The van der Waals surface area contributed by atoms with Gasteiger partial charge in [-0.05, 0) is 61.5 Å². The van der Waals surface area contributed by atoms with Gasteiger partial charge in [-0.2, -0.15) is 0 Å². The largest absolute Gasteiger partial charge is 0.326 e. The highest BCUT2D eigenvalue weighted by atomic mass is 32.2. The number of hydrogen-bond acceptors (Lipinski definition) is 4. The highest BCUT2D eigenvalue weighted by Crippen LogP contribution is 2.49. The number of carbonyl (C=O) groups is 1. The highest BCUT2D eigenvalue weighted by Gasteiger charge is 2.40. The number of benzene rings is 1. The molecule has 22 heavy (non-hydrogen) atoms. The van der Waals surface area contributed by atoms with Gasteiger partial charge in [0.1, 0.15) is 0 Å². The molecule has 2 bridgehead atoms. The lowest BCUT2D eigenvalue weighted by molar-refractivity contribution is -0.117. The average molecular weight is 332 g/mol. The molecule has 0 saturated heterocycles. The van der Waals surface area contributed by atoms with E-state index in [1.165, 1.54) is 25.7 Å². The van der Waals surface area contributed by atoms with Gasteiger partial charge >= 0.3 is 0 Å². The molecule has 0 unspecified atom stereocenters. The van der Waals surface area contributed by atoms with Crippen LogP contribution >= 0.6 is 23.1 Å². The van der Waals surface area contributed by atoms with Crippen LogP contribution in [0.25, 0.3) is 10.2 Å². The lowest BCUT2D eigenvalue weighted by Crippen LogP contribution is -2.20. The third-order valence-electron chi connectivity index (χ3n) is 5.16. The zero-order chi connectivity index (χ0) is 15.1. The van der Waals surface area contributed by atoms with Gasteiger partial charge in [-0.15, -0.1) is 11.3 Å². The van der Waals surface area contributed by atoms with Crippen molar-refractivity contribution in [1.82, 2.24) is 4.98 Å². The van der Waals surface area contributed by atoms with Gasteiger partial charge < -0.3 is 5.32 Å². The van der Waals surface area contributed by atoms with Crippen molar-refractivity contribution in [2.45, 2.75) is 36.4 Å². The van der Waals surface area contributed by atoms with E-state index in [0.717, 1.165) is 32.1 Å². The number of hydrogen-bond donors (Lipinski definition) is 1. The quantitative estimate of drug-likeness (QED) is 0.819. The number of thioether (sulfide) groups is 1. The molecule has 1 heterocycles. The Morgan fingerprint density at radius 1 is 1.41 bits per heavy atom. The van der Waals surface area contributed by atoms with Gasteiger partial charge in [0.05, 0.1) is 10.2 Å². The van der Waals surface area contributed by atoms with E-state index in [1.54, 1.807) is 23.1 Å². The van der Waals surface area contributed by atoms with Crippen molar-refractivity contribution in [2.75, 3.05) is 11.6 Å². The topological polar surface area (TPSA) is 42.0 Å². The number of nitrogens with zero attached hydrogens (tertiary/aromatic N) is 1. The summed E-state index contributed by atoms with van der Waals surface area (Å²) < 4.78 is 2.21. The summed E-state index contributed by atoms with van der Waals surface area (Å²) in [6.07, 6.45) is 8.09. The molecule has 0 aliphatic heterocycles. The van der Waals surface area contributed by atoms with E-state index in [0.29, 0.717) is 12.3 Å². The van der Waals surface area contributed by atoms with Gasteiger partial charge in [-0.3, -0.25) is 4.79 Å². The van der Waals surface area contributed by atoms with Crippen molar-refractivity contribution in [3.63, 3.8) is 0 Å². The number of fused-ring (bicyclic) bond motifs is 3. The molecule has 3 nitrogen and oxygen atoms in total. The summed E-state index contributed by atoms with van der Waals surface area (Å²) in [5.74, 6) is 2.51. The second-order valence-electron chi connectivity index (χ2n) is 6.55. The first-order valence-corrected chi connectivity index (χ1v) is 10.00. The summed E-state index contributed by atoms with van der Waals surface area (Å²) in [7, 11) is 0. The van der Waals surface area contributed by atoms with Crippen LogP contribution < -0.4 is 5.32 Å². The summed E-state index contributed by atoms with van der Waals surface area (Å²) in [6.45, 7) is 0. The first-order chi connectivity index (χ1) is 10.7. The number of rotatable bonds is 4. The molecule has 116 valence electrons. The first-order valence-electron chi connectivity index (χ1n) is 7.95. The van der Waals surface area contributed by atoms with Gasteiger partial charge in [-0.25, -0.2) is 4.98 Å². The molecule has 2 aromatic rings. The van der Waals surface area contributed by atoms with E-state index in [9.17, 15) is 4.79 Å². The van der Waals surface area contributed by atoms with Crippen LogP contribution in [-0.2, 0) is 4.79 Å². The summed E-state index contributed by atoms with van der Waals surface area (Å²) in [5.41, 5.74) is 1.91. The zero-order valence-corrected chi connectivity index (χ0v) is 14.3. The van der Waals surface area contributed by atoms with Crippen molar-refractivity contribution in [2.24, 2.45) is 17.8 Å². The standard InChI is InChI=1S/C17H20N2OS2/c1-21-17-19-14-5-4-13(9-15(14)22-17)18-16(20)8-12-7-10-2-3-11(12)6-10/h4-5,9-12H,2-3,6-8H2,1H3,(H,18,20)/t10-,11+,12+/m0/s1. The molecule has 2 aliphatic rings. The van der Waals surface area contributed by atoms with Crippen LogP contribution in [0.4, 0.5) is 5.69 Å². The second kappa shape index (κ2) is 5.85. The lowest BCUT2D eigenvalue weighted by Gasteiger charge is -2.20. The van der Waals surface area contributed by atoms with E-state index >= 15 is 0 Å². The number of amides is 1. The summed E-state index contributed by atoms with van der Waals surface area (Å²) in [4.78, 5) is 16.8. The van der Waals surface area contributed by atoms with Crippen LogP contribution in [0.3, 0.4) is 0 Å². The molecule has 2 saturated carbocycles. The maximum Gasteiger partial charge on any atom is 0.224 e. The zero-order valence-electron chi connectivity index (χ0n) is 12.7. The molecule has 0 spiro atoms. The van der Waals surface area contributed by atoms with Gasteiger partial charge in [-0.1, -0.05) is 18.2 Å². The molecule has 2 fully saturated rings. The number of nitrogens with one attached hydrogen (secondary N) is 1. The van der Waals surface area contributed by atoms with E-state index < -0.39 is 0 Å². The van der Waals surface area contributed by atoms with Crippen LogP contribution in [0.5, 0.6) is 0 Å². The van der Waals surface area contributed by atoms with Crippen molar-refractivity contribution in [1.29, 1.82) is 0 Å². The SMILES string of the molecule is CSc1nc2ccc(NC(=O)C[C@H]3C[C@H]4CC[C@@H]3C4)cc2s1. The molecule has 1 aromatic carbocycles. The van der Waals surface area contributed by atoms with E-state index in [-0.39, 0.29) is 5.91 Å². The molecule has 4 rings (SSSR count). The van der Waals surface area contributed by atoms with Crippen molar-refractivity contribution in [3.8, 4) is 0 Å². The van der Waals surface area contributed by atoms with Crippen LogP contribution in [0.2, 0.25) is 0 Å². The second-order valence-corrected chi connectivity index (χ2v) is 8.64. The normalized spacial score (nSPS) is 26.7. The van der Waals surface area contributed by atoms with Crippen LogP contribution in [0, 0.1) is 17.8 Å². The van der Waals surface area contributed by atoms with Crippen LogP contribution in [0.15, 0.2) is 22.5 Å². The van der Waals surface area contributed by atoms with Crippen molar-refractivity contribution < 1.29 is 4.79 Å². The predicted octanol–water partition coefficient (Wildman–Crippen LogP) is 4.78. The van der Waals surface area contributed by atoms with Crippen LogP contribution in [0.1, 0.15) is 32.1 Å². The smallest absolute Gasteiger partial charge is 0.224 e. The molecule has 1 N–H and O–H groups in total. The molecule has 3 atom stereocenters. The minimum absolute atomic E-state index is 0.173. The Bertz CT molecular complexity index is 712. The van der Waals surface area contributed by atoms with E-state index in [4.69, 9.17) is 0 Å². The highest BCUT2D eigenvalue weighted by molar-refractivity contribution is 8.00. The van der Waals surface area contributed by atoms with E-state index in [2.05, 4.69) is 10.3 Å². The number of anilines is 1. The summed E-state index contributed by atoms with van der Waals surface area (Å²) >= 11 is 3.34. The van der Waals surface area contributed by atoms with E-state index in [1.807, 2.05) is 24.5 Å². The minimum atomic E-state index is 0.173. The first kappa shape index (κ1) is 14.5. The molecular weight excluding hydrogens is 312 g/mol. The minimum Gasteiger partial charge on any atom is -0.326 e. The van der Waals surface area contributed by atoms with Crippen molar-refractivity contribution >= 4 is 44.9 Å². The molecule has 0 radical (unpaired) electrons. The van der Waals surface area contributed by atoms with Gasteiger partial charge in [0.2, 0.25) is 5.91 Å². The Hall–Kier alpha value is -1.07. The number of thiazole rings is 1. The fourth-order valence-corrected chi connectivity index (χ4v) is 5.67. The Morgan fingerprint density at radius 3 is 3.05 bits per heavy atom. The maximum absolute atomic E-state index is 12.3. The molecule has 1 aromatic heterocycles. The Morgan fingerprint density at radius 2 is 2.32 bits per heavy atom. The third-order valence-corrected chi connectivity index (χ3v) is 7.16. The summed E-state index contributed by atoms with van der Waals surface area (Å²) in [5, 5.41) is 3.08. The third kappa shape index (κ3) is 2.76. The molecule has 2 aliphatic carbocycles. The molecule has 5 heteroatoms. The lowest BCUT2D eigenvalue weighted by atomic mass is 9.86. The van der Waals surface area contributed by atoms with Gasteiger partial charge in [0.15, 0.2) is 4.34 Å². The fourth-order valence-electron chi connectivity index (χ4n) is 4.15. The van der Waals surface area contributed by atoms with Gasteiger partial charge in [0, 0.05) is 12.1 Å². The summed E-state index contributed by atoms with van der Waals surface area (Å²) in [6, 6.07) is 6.01. The number of aromatic nitrogens is 1. The molecule has 1 amide bonds. The predicted molar refractivity (Wildman–Crippen MR) is 93.6 cm³/mol. The van der Waals surface area contributed by atoms with Gasteiger partial charge in [0.25, 0.3) is 0 Å². The molecular formula is C17H20N2OS2. The fraction of sp³-hybridized carbons (Fsp3) is 0.529. The Kier molecular flexibility index (Phi) is 3.86. The monoisotopic (exact) mass is 332 g/mol. The Labute approximate surface area is 138 Å².